The van der Waals surface area contributed by atoms with Crippen LogP contribution in [0.5, 0.6) is 0 Å². The van der Waals surface area contributed by atoms with Gasteiger partial charge in [-0.15, -0.1) is 11.3 Å². The number of rotatable bonds is 6. The molecule has 0 saturated carbocycles. The largest absolute Gasteiger partial charge is 0.368 e. The first kappa shape index (κ1) is 13.4. The van der Waals surface area contributed by atoms with Crippen LogP contribution in [0.15, 0.2) is 11.4 Å². The molecule has 6 heteroatoms. The number of aromatic nitrogens is 2. The van der Waals surface area contributed by atoms with Crippen LogP contribution in [-0.2, 0) is 0 Å². The maximum absolute atomic E-state index is 4.53. The highest BCUT2D eigenvalue weighted by atomic mass is 32.2. The van der Waals surface area contributed by atoms with E-state index in [1.165, 1.54) is 0 Å². The molecule has 0 aliphatic rings. The third-order valence-corrected chi connectivity index (χ3v) is 4.40. The average Bonchev–Trinajstić information content (AvgIpc) is 2.84. The molecule has 2 N–H and O–H groups in total. The molecule has 2 rings (SSSR count). The Morgan fingerprint density at radius 1 is 1.39 bits per heavy atom. The van der Waals surface area contributed by atoms with Gasteiger partial charge in [-0.3, -0.25) is 0 Å². The topological polar surface area (TPSA) is 49.8 Å². The Bertz CT molecular complexity index is 512. The summed E-state index contributed by atoms with van der Waals surface area (Å²) < 4.78 is 0. The maximum Gasteiger partial charge on any atom is 0.226 e. The smallest absolute Gasteiger partial charge is 0.226 e. The van der Waals surface area contributed by atoms with Gasteiger partial charge < -0.3 is 10.6 Å². The van der Waals surface area contributed by atoms with Crippen molar-refractivity contribution in [3.63, 3.8) is 0 Å². The van der Waals surface area contributed by atoms with Gasteiger partial charge in [0.2, 0.25) is 5.95 Å². The summed E-state index contributed by atoms with van der Waals surface area (Å²) in [4.78, 5) is 10.0. The SMILES string of the molecule is CCNc1nc(NCC(C)SC)c2ccsc2n1. The summed E-state index contributed by atoms with van der Waals surface area (Å²) in [5.74, 6) is 1.63. The first-order valence-corrected chi connectivity index (χ1v) is 8.17. The van der Waals surface area contributed by atoms with E-state index in [9.17, 15) is 0 Å². The number of nitrogens with one attached hydrogen (secondary N) is 2. The number of thiophene rings is 1. The van der Waals surface area contributed by atoms with Gasteiger partial charge in [-0.1, -0.05) is 6.92 Å². The third-order valence-electron chi connectivity index (χ3n) is 2.62. The van der Waals surface area contributed by atoms with Crippen molar-refractivity contribution in [2.75, 3.05) is 30.0 Å². The lowest BCUT2D eigenvalue weighted by atomic mass is 10.3. The summed E-state index contributed by atoms with van der Waals surface area (Å²) in [7, 11) is 0. The van der Waals surface area contributed by atoms with Gasteiger partial charge in [-0.2, -0.15) is 16.7 Å². The molecule has 2 heterocycles. The maximum atomic E-state index is 4.53. The third kappa shape index (κ3) is 3.05. The van der Waals surface area contributed by atoms with E-state index >= 15 is 0 Å². The van der Waals surface area contributed by atoms with Crippen LogP contribution in [0.3, 0.4) is 0 Å². The molecule has 0 aromatic carbocycles. The lowest BCUT2D eigenvalue weighted by molar-refractivity contribution is 0.990. The second kappa shape index (κ2) is 6.24. The molecule has 0 amide bonds. The Balaban J connectivity index is 2.25. The zero-order valence-corrected chi connectivity index (χ0v) is 12.5. The molecule has 0 spiro atoms. The van der Waals surface area contributed by atoms with Crippen LogP contribution in [0.1, 0.15) is 13.8 Å². The fourth-order valence-electron chi connectivity index (χ4n) is 1.55. The highest BCUT2D eigenvalue weighted by molar-refractivity contribution is 7.99. The van der Waals surface area contributed by atoms with Gasteiger partial charge in [0.15, 0.2) is 0 Å². The number of nitrogens with zero attached hydrogens (tertiary/aromatic N) is 2. The second-order valence-corrected chi connectivity index (χ2v) is 6.16. The van der Waals surface area contributed by atoms with Gasteiger partial charge in [-0.05, 0) is 24.6 Å². The molecule has 0 radical (unpaired) electrons. The van der Waals surface area contributed by atoms with Crippen LogP contribution in [0.4, 0.5) is 11.8 Å². The molecule has 0 aliphatic carbocycles. The Labute approximate surface area is 116 Å². The summed E-state index contributed by atoms with van der Waals surface area (Å²) in [6.45, 7) is 5.99. The molecule has 1 atom stereocenters. The molecule has 98 valence electrons. The Morgan fingerprint density at radius 3 is 2.94 bits per heavy atom. The fraction of sp³-hybridized carbons (Fsp3) is 0.500. The van der Waals surface area contributed by atoms with E-state index in [0.29, 0.717) is 11.2 Å². The van der Waals surface area contributed by atoms with Gasteiger partial charge in [0.05, 0.1) is 5.39 Å². The molecule has 2 aromatic rings. The van der Waals surface area contributed by atoms with Crippen molar-refractivity contribution in [1.82, 2.24) is 9.97 Å². The lowest BCUT2D eigenvalue weighted by Crippen LogP contribution is -2.14. The minimum Gasteiger partial charge on any atom is -0.368 e. The number of anilines is 2. The van der Waals surface area contributed by atoms with E-state index in [4.69, 9.17) is 0 Å². The standard InChI is InChI=1S/C12H18N4S2/c1-4-13-12-15-10(14-7-8(2)17-3)9-5-6-18-11(9)16-12/h5-6,8H,4,7H2,1-3H3,(H2,13,14,15,16). The van der Waals surface area contributed by atoms with Crippen LogP contribution in [0, 0.1) is 0 Å². The molecule has 0 fully saturated rings. The van der Waals surface area contributed by atoms with Gasteiger partial charge in [0.1, 0.15) is 10.6 Å². The molecular formula is C12H18N4S2. The fourth-order valence-corrected chi connectivity index (χ4v) is 2.56. The molecular weight excluding hydrogens is 264 g/mol. The molecule has 1 unspecified atom stereocenters. The van der Waals surface area contributed by atoms with Gasteiger partial charge in [-0.25, -0.2) is 4.98 Å². The monoisotopic (exact) mass is 282 g/mol. The van der Waals surface area contributed by atoms with Crippen LogP contribution in [-0.4, -0.2) is 34.6 Å². The molecule has 4 nitrogen and oxygen atoms in total. The van der Waals surface area contributed by atoms with Crippen LogP contribution in [0.25, 0.3) is 10.2 Å². The summed E-state index contributed by atoms with van der Waals surface area (Å²) in [6.07, 6.45) is 2.12. The first-order chi connectivity index (χ1) is 8.74. The summed E-state index contributed by atoms with van der Waals surface area (Å²) in [6, 6.07) is 2.07. The van der Waals surface area contributed by atoms with Crippen LogP contribution in [0.2, 0.25) is 0 Å². The summed E-state index contributed by atoms with van der Waals surface area (Å²) in [5, 5.41) is 10.3. The molecule has 0 aliphatic heterocycles. The van der Waals surface area contributed by atoms with Crippen molar-refractivity contribution in [3.05, 3.63) is 11.4 Å². The molecule has 18 heavy (non-hydrogen) atoms. The highest BCUT2D eigenvalue weighted by Gasteiger charge is 2.09. The Kier molecular flexibility index (Phi) is 4.66. The lowest BCUT2D eigenvalue weighted by Gasteiger charge is -2.12. The minimum absolute atomic E-state index is 0.566. The molecule has 0 saturated heterocycles. The predicted octanol–water partition coefficient (Wildman–Crippen LogP) is 3.29. The van der Waals surface area contributed by atoms with Crippen molar-refractivity contribution < 1.29 is 0 Å². The van der Waals surface area contributed by atoms with Gasteiger partial charge in [0, 0.05) is 18.3 Å². The normalized spacial score (nSPS) is 12.6. The van der Waals surface area contributed by atoms with E-state index in [2.05, 4.69) is 45.2 Å². The van der Waals surface area contributed by atoms with E-state index in [-0.39, 0.29) is 0 Å². The van der Waals surface area contributed by atoms with E-state index in [0.717, 1.165) is 29.1 Å². The molecule has 0 bridgehead atoms. The van der Waals surface area contributed by atoms with Gasteiger partial charge in [0.25, 0.3) is 0 Å². The summed E-state index contributed by atoms with van der Waals surface area (Å²) in [5.41, 5.74) is 0. The predicted molar refractivity (Wildman–Crippen MR) is 83.0 cm³/mol. The summed E-state index contributed by atoms with van der Waals surface area (Å²) >= 11 is 3.49. The van der Waals surface area contributed by atoms with Crippen molar-refractivity contribution in [2.24, 2.45) is 0 Å². The zero-order chi connectivity index (χ0) is 13.0. The van der Waals surface area contributed by atoms with E-state index in [1.54, 1.807) is 11.3 Å². The quantitative estimate of drug-likeness (QED) is 0.851. The number of hydrogen-bond donors (Lipinski definition) is 2. The van der Waals surface area contributed by atoms with Crippen LogP contribution < -0.4 is 10.6 Å². The van der Waals surface area contributed by atoms with Crippen molar-refractivity contribution in [2.45, 2.75) is 19.1 Å². The van der Waals surface area contributed by atoms with Crippen LogP contribution >= 0.6 is 23.1 Å². The van der Waals surface area contributed by atoms with E-state index in [1.807, 2.05) is 18.7 Å². The Morgan fingerprint density at radius 2 is 2.22 bits per heavy atom. The van der Waals surface area contributed by atoms with Gasteiger partial charge >= 0.3 is 0 Å². The minimum atomic E-state index is 0.566. The zero-order valence-electron chi connectivity index (χ0n) is 10.9. The van der Waals surface area contributed by atoms with Crippen molar-refractivity contribution >= 4 is 45.1 Å². The van der Waals surface area contributed by atoms with Crippen molar-refractivity contribution in [3.8, 4) is 0 Å². The average molecular weight is 282 g/mol. The number of thioether (sulfide) groups is 1. The highest BCUT2D eigenvalue weighted by Crippen LogP contribution is 2.26. The first-order valence-electron chi connectivity index (χ1n) is 6.00. The second-order valence-electron chi connectivity index (χ2n) is 3.99. The number of fused-ring (bicyclic) bond motifs is 1. The van der Waals surface area contributed by atoms with Crippen molar-refractivity contribution in [1.29, 1.82) is 0 Å². The number of hydrogen-bond acceptors (Lipinski definition) is 6. The molecule has 2 aromatic heterocycles. The Hall–Kier alpha value is -1.01. The van der Waals surface area contributed by atoms with E-state index < -0.39 is 0 Å².